The van der Waals surface area contributed by atoms with Crippen molar-refractivity contribution < 1.29 is 9.13 Å². The van der Waals surface area contributed by atoms with E-state index in [1.54, 1.807) is 23.0 Å². The molecule has 1 aliphatic heterocycles. The van der Waals surface area contributed by atoms with Crippen LogP contribution < -0.4 is 11.1 Å². The summed E-state index contributed by atoms with van der Waals surface area (Å²) in [6, 6.07) is 2.29. The summed E-state index contributed by atoms with van der Waals surface area (Å²) in [6.45, 7) is 4.08. The lowest BCUT2D eigenvalue weighted by Gasteiger charge is -2.14. The monoisotopic (exact) mass is 394 g/mol. The Morgan fingerprint density at radius 2 is 2.24 bits per heavy atom. The van der Waals surface area contributed by atoms with Crippen LogP contribution >= 0.6 is 0 Å². The first-order valence-electron chi connectivity index (χ1n) is 9.89. The minimum atomic E-state index is -0.112. The van der Waals surface area contributed by atoms with Gasteiger partial charge in [0.2, 0.25) is 0 Å². The first-order chi connectivity index (χ1) is 14.1. The normalized spacial score (nSPS) is 18.8. The van der Waals surface area contributed by atoms with E-state index in [4.69, 9.17) is 15.5 Å². The van der Waals surface area contributed by atoms with Gasteiger partial charge in [0.1, 0.15) is 11.6 Å². The van der Waals surface area contributed by atoms with Crippen molar-refractivity contribution in [1.29, 1.82) is 0 Å². The highest BCUT2D eigenvalue weighted by Gasteiger charge is 2.19. The lowest BCUT2D eigenvalue weighted by atomic mass is 9.99. The molecule has 5 rings (SSSR count). The summed E-state index contributed by atoms with van der Waals surface area (Å²) < 4.78 is 20.8. The van der Waals surface area contributed by atoms with Crippen molar-refractivity contribution in [3.05, 3.63) is 46.8 Å². The van der Waals surface area contributed by atoms with E-state index in [1.165, 1.54) is 0 Å². The molecule has 3 aromatic rings. The van der Waals surface area contributed by atoms with Gasteiger partial charge < -0.3 is 15.8 Å². The molecule has 0 spiro atoms. The van der Waals surface area contributed by atoms with Gasteiger partial charge in [-0.15, -0.1) is 0 Å². The van der Waals surface area contributed by atoms with E-state index in [0.717, 1.165) is 53.3 Å². The van der Waals surface area contributed by atoms with Gasteiger partial charge in [-0.05, 0) is 37.5 Å². The molecule has 2 aliphatic rings. The van der Waals surface area contributed by atoms with Crippen LogP contribution in [-0.2, 0) is 17.7 Å². The highest BCUT2D eigenvalue weighted by atomic mass is 19.1. The number of hydrogen-bond acceptors (Lipinski definition) is 6. The maximum Gasteiger partial charge on any atom is 0.165 e. The number of ether oxygens (including phenoxy) is 1. The van der Waals surface area contributed by atoms with Gasteiger partial charge in [-0.25, -0.2) is 9.37 Å². The molecule has 8 heteroatoms. The molecule has 0 saturated carbocycles. The predicted octanol–water partition coefficient (Wildman–Crippen LogP) is 2.82. The van der Waals surface area contributed by atoms with Crippen LogP contribution in [0.4, 0.5) is 10.2 Å². The van der Waals surface area contributed by atoms with E-state index in [0.29, 0.717) is 36.9 Å². The third kappa shape index (κ3) is 3.28. The van der Waals surface area contributed by atoms with Gasteiger partial charge in [0.25, 0.3) is 0 Å². The molecular formula is C21H23FN6O. The standard InChI is InChI=1S/C21H23FN6O/c1-12-19(10-24-16-4-5-29-11-16)27-21-17(9-26-28(21)20(12)23)14-6-13-7-15(22)2-3-18(13)25-8-14/h6-9,16,24H,2-5,10-11,23H2,1H3. The second-order valence-electron chi connectivity index (χ2n) is 7.65. The zero-order chi connectivity index (χ0) is 20.0. The fraction of sp³-hybridized carbons (Fsp3) is 0.381. The van der Waals surface area contributed by atoms with Gasteiger partial charge in [0.05, 0.1) is 18.5 Å². The van der Waals surface area contributed by atoms with Crippen molar-refractivity contribution in [2.45, 2.75) is 38.8 Å². The Bertz CT molecular complexity index is 1120. The molecule has 1 aliphatic carbocycles. The zero-order valence-corrected chi connectivity index (χ0v) is 16.3. The van der Waals surface area contributed by atoms with E-state index in [9.17, 15) is 4.39 Å². The van der Waals surface area contributed by atoms with Gasteiger partial charge in [-0.3, -0.25) is 4.98 Å². The van der Waals surface area contributed by atoms with Crippen LogP contribution in [0.15, 0.2) is 24.3 Å². The number of allylic oxidation sites excluding steroid dienone is 1. The molecule has 3 aromatic heterocycles. The van der Waals surface area contributed by atoms with Crippen molar-refractivity contribution >= 4 is 17.5 Å². The van der Waals surface area contributed by atoms with E-state index in [1.807, 2.05) is 13.0 Å². The smallest absolute Gasteiger partial charge is 0.165 e. The number of fused-ring (bicyclic) bond motifs is 2. The first kappa shape index (κ1) is 18.2. The topological polar surface area (TPSA) is 90.4 Å². The molecule has 0 aromatic carbocycles. The second-order valence-corrected chi connectivity index (χ2v) is 7.65. The molecule has 4 heterocycles. The lowest BCUT2D eigenvalue weighted by molar-refractivity contribution is 0.189. The third-order valence-corrected chi connectivity index (χ3v) is 5.75. The average molecular weight is 394 g/mol. The molecule has 1 unspecified atom stereocenters. The number of pyridine rings is 1. The van der Waals surface area contributed by atoms with Gasteiger partial charge >= 0.3 is 0 Å². The summed E-state index contributed by atoms with van der Waals surface area (Å²) in [6.07, 6.45) is 7.14. The summed E-state index contributed by atoms with van der Waals surface area (Å²) in [5.41, 5.74) is 12.2. The molecule has 29 heavy (non-hydrogen) atoms. The van der Waals surface area contributed by atoms with Crippen LogP contribution in [-0.4, -0.2) is 38.8 Å². The van der Waals surface area contributed by atoms with Crippen LogP contribution in [0.3, 0.4) is 0 Å². The molecule has 3 N–H and O–H groups in total. The maximum absolute atomic E-state index is 13.7. The number of hydrogen-bond donors (Lipinski definition) is 2. The molecule has 0 amide bonds. The van der Waals surface area contributed by atoms with E-state index < -0.39 is 0 Å². The van der Waals surface area contributed by atoms with Crippen molar-refractivity contribution in [3.8, 4) is 11.1 Å². The van der Waals surface area contributed by atoms with E-state index in [-0.39, 0.29) is 5.83 Å². The van der Waals surface area contributed by atoms with Crippen molar-refractivity contribution in [3.63, 3.8) is 0 Å². The van der Waals surface area contributed by atoms with Gasteiger partial charge in [-0.2, -0.15) is 9.61 Å². The minimum absolute atomic E-state index is 0.112. The Morgan fingerprint density at radius 3 is 3.07 bits per heavy atom. The lowest BCUT2D eigenvalue weighted by Crippen LogP contribution is -2.29. The summed E-state index contributed by atoms with van der Waals surface area (Å²) in [5, 5.41) is 7.93. The highest BCUT2D eigenvalue weighted by Crippen LogP contribution is 2.30. The average Bonchev–Trinajstić information content (AvgIpc) is 3.39. The number of rotatable bonds is 4. The van der Waals surface area contributed by atoms with Gasteiger partial charge in [0, 0.05) is 54.2 Å². The summed E-state index contributed by atoms with van der Waals surface area (Å²) in [7, 11) is 0. The number of anilines is 1. The Kier molecular flexibility index (Phi) is 4.52. The van der Waals surface area contributed by atoms with Gasteiger partial charge in [0.15, 0.2) is 5.65 Å². The second kappa shape index (κ2) is 7.20. The molecule has 1 fully saturated rings. The van der Waals surface area contributed by atoms with Crippen LogP contribution in [0.25, 0.3) is 22.9 Å². The Morgan fingerprint density at radius 1 is 1.34 bits per heavy atom. The molecule has 0 bridgehead atoms. The largest absolute Gasteiger partial charge is 0.383 e. The number of nitrogens with one attached hydrogen (secondary N) is 1. The summed E-state index contributed by atoms with van der Waals surface area (Å²) in [5.74, 6) is 0.455. The number of halogens is 1. The molecular weight excluding hydrogens is 371 g/mol. The Hall–Kier alpha value is -2.84. The fourth-order valence-electron chi connectivity index (χ4n) is 3.93. The third-order valence-electron chi connectivity index (χ3n) is 5.75. The number of aromatic nitrogens is 4. The van der Waals surface area contributed by atoms with Crippen molar-refractivity contribution in [2.75, 3.05) is 18.9 Å². The molecule has 1 saturated heterocycles. The molecule has 150 valence electrons. The maximum atomic E-state index is 13.7. The number of nitrogens with zero attached hydrogens (tertiary/aromatic N) is 4. The van der Waals surface area contributed by atoms with Crippen LogP contribution in [0.1, 0.15) is 35.4 Å². The van der Waals surface area contributed by atoms with E-state index in [2.05, 4.69) is 15.4 Å². The summed E-state index contributed by atoms with van der Waals surface area (Å²) >= 11 is 0. The number of nitrogen functional groups attached to an aromatic ring is 1. The highest BCUT2D eigenvalue weighted by molar-refractivity contribution is 5.79. The SMILES string of the molecule is Cc1c(CNC2CCOC2)nc2c(-c3cnc4c(c3)C=C(F)CC4)cnn2c1N. The van der Waals surface area contributed by atoms with Crippen molar-refractivity contribution in [2.24, 2.45) is 0 Å². The number of nitrogens with two attached hydrogens (primary N) is 1. The predicted molar refractivity (Wildman–Crippen MR) is 109 cm³/mol. The van der Waals surface area contributed by atoms with Crippen LogP contribution in [0.5, 0.6) is 0 Å². The van der Waals surface area contributed by atoms with Gasteiger partial charge in [-0.1, -0.05) is 0 Å². The summed E-state index contributed by atoms with van der Waals surface area (Å²) in [4.78, 5) is 9.39. The zero-order valence-electron chi connectivity index (χ0n) is 16.3. The molecule has 7 nitrogen and oxygen atoms in total. The number of aryl methyl sites for hydroxylation is 1. The van der Waals surface area contributed by atoms with Crippen LogP contribution in [0.2, 0.25) is 0 Å². The minimum Gasteiger partial charge on any atom is -0.383 e. The van der Waals surface area contributed by atoms with Crippen LogP contribution in [0, 0.1) is 6.92 Å². The van der Waals surface area contributed by atoms with E-state index >= 15 is 0 Å². The molecule has 1 atom stereocenters. The Labute approximate surface area is 167 Å². The van der Waals surface area contributed by atoms with Crippen molar-refractivity contribution in [1.82, 2.24) is 24.9 Å². The Balaban J connectivity index is 1.54. The first-order valence-corrected chi connectivity index (χ1v) is 9.89. The fourth-order valence-corrected chi connectivity index (χ4v) is 3.93. The quantitative estimate of drug-likeness (QED) is 0.707. The molecule has 0 radical (unpaired) electrons.